The van der Waals surface area contributed by atoms with Gasteiger partial charge in [0, 0.05) is 12.6 Å². The van der Waals surface area contributed by atoms with Crippen LogP contribution in [0.15, 0.2) is 66.7 Å². The molecule has 0 spiro atoms. The number of hydrogen-bond acceptors (Lipinski definition) is 2. The molecule has 3 rings (SSSR count). The Balaban J connectivity index is 1.69. The van der Waals surface area contributed by atoms with Crippen molar-refractivity contribution in [2.75, 3.05) is 18.1 Å². The van der Waals surface area contributed by atoms with Crippen LogP contribution in [0.25, 0.3) is 10.8 Å². The van der Waals surface area contributed by atoms with E-state index in [1.165, 1.54) is 5.39 Å². The topological polar surface area (TPSA) is 29.5 Å². The lowest BCUT2D eigenvalue weighted by Crippen LogP contribution is -2.33. The second-order valence-corrected chi connectivity index (χ2v) is 5.81. The van der Waals surface area contributed by atoms with E-state index in [1.54, 1.807) is 11.8 Å². The van der Waals surface area contributed by atoms with Crippen molar-refractivity contribution in [3.63, 3.8) is 0 Å². The molecule has 0 radical (unpaired) electrons. The van der Waals surface area contributed by atoms with Crippen LogP contribution in [0.3, 0.4) is 0 Å². The molecule has 3 aromatic rings. The Hall–Kier alpha value is -2.81. The van der Waals surface area contributed by atoms with Gasteiger partial charge in [-0.3, -0.25) is 4.79 Å². The second-order valence-electron chi connectivity index (χ2n) is 5.81. The van der Waals surface area contributed by atoms with Crippen LogP contribution >= 0.6 is 0 Å². The highest BCUT2D eigenvalue weighted by atomic mass is 16.5. The van der Waals surface area contributed by atoms with Crippen molar-refractivity contribution in [2.24, 2.45) is 0 Å². The third kappa shape index (κ3) is 3.57. The maximum Gasteiger partial charge on any atom is 0.223 e. The minimum Gasteiger partial charge on any atom is -0.492 e. The Bertz CT molecular complexity index is 857. The van der Waals surface area contributed by atoms with Gasteiger partial charge in [0.25, 0.3) is 0 Å². The molecule has 0 aliphatic heterocycles. The third-order valence-electron chi connectivity index (χ3n) is 4.09. The summed E-state index contributed by atoms with van der Waals surface area (Å²) in [5.74, 6) is 0.841. The van der Waals surface area contributed by atoms with Gasteiger partial charge >= 0.3 is 0 Å². The molecule has 1 amide bonds. The first kappa shape index (κ1) is 16.1. The Morgan fingerprint density at radius 2 is 1.67 bits per heavy atom. The van der Waals surface area contributed by atoms with Crippen molar-refractivity contribution in [1.82, 2.24) is 0 Å². The van der Waals surface area contributed by atoms with Crippen LogP contribution in [0.2, 0.25) is 0 Å². The lowest BCUT2D eigenvalue weighted by molar-refractivity contribution is -0.116. The minimum atomic E-state index is 0.0198. The van der Waals surface area contributed by atoms with E-state index in [-0.39, 0.29) is 5.91 Å². The first-order chi connectivity index (χ1) is 11.6. The van der Waals surface area contributed by atoms with Crippen LogP contribution in [-0.4, -0.2) is 19.1 Å². The van der Waals surface area contributed by atoms with Crippen molar-refractivity contribution in [3.8, 4) is 5.75 Å². The number of fused-ring (bicyclic) bond motifs is 1. The molecule has 0 aliphatic rings. The standard InChI is InChI=1S/C21H21NO2/c1-16-7-3-6-10-21(16)22(17(2)23)13-14-24-20-12-11-18-8-4-5-9-19(18)15-20/h3-12,15H,13-14H2,1-2H3. The number of carbonyl (C=O) groups excluding carboxylic acids is 1. The fourth-order valence-corrected chi connectivity index (χ4v) is 2.83. The minimum absolute atomic E-state index is 0.0198. The molecule has 122 valence electrons. The molecule has 3 aromatic carbocycles. The molecule has 0 atom stereocenters. The summed E-state index contributed by atoms with van der Waals surface area (Å²) in [6, 6.07) is 22.1. The maximum atomic E-state index is 12.0. The monoisotopic (exact) mass is 319 g/mol. The molecular formula is C21H21NO2. The van der Waals surface area contributed by atoms with Gasteiger partial charge in [-0.1, -0.05) is 48.5 Å². The molecule has 0 unspecified atom stereocenters. The predicted octanol–water partition coefficient (Wildman–Crippen LogP) is 4.58. The number of anilines is 1. The average Bonchev–Trinajstić information content (AvgIpc) is 2.59. The third-order valence-corrected chi connectivity index (χ3v) is 4.09. The lowest BCUT2D eigenvalue weighted by atomic mass is 10.1. The van der Waals surface area contributed by atoms with Crippen LogP contribution in [0.1, 0.15) is 12.5 Å². The van der Waals surface area contributed by atoms with Gasteiger partial charge in [-0.2, -0.15) is 0 Å². The van der Waals surface area contributed by atoms with E-state index in [1.807, 2.05) is 55.5 Å². The van der Waals surface area contributed by atoms with E-state index < -0.39 is 0 Å². The highest BCUT2D eigenvalue weighted by Gasteiger charge is 2.13. The SMILES string of the molecule is CC(=O)N(CCOc1ccc2ccccc2c1)c1ccccc1C. The summed E-state index contributed by atoms with van der Waals surface area (Å²) in [6.45, 7) is 4.57. The molecule has 0 N–H and O–H groups in total. The fourth-order valence-electron chi connectivity index (χ4n) is 2.83. The largest absolute Gasteiger partial charge is 0.492 e. The zero-order chi connectivity index (χ0) is 16.9. The van der Waals surface area contributed by atoms with Gasteiger partial charge in [0.15, 0.2) is 0 Å². The first-order valence-electron chi connectivity index (χ1n) is 8.10. The van der Waals surface area contributed by atoms with Gasteiger partial charge in [0.2, 0.25) is 5.91 Å². The van der Waals surface area contributed by atoms with Crippen LogP contribution in [0, 0.1) is 6.92 Å². The van der Waals surface area contributed by atoms with Gasteiger partial charge in [-0.15, -0.1) is 0 Å². The summed E-state index contributed by atoms with van der Waals surface area (Å²) in [6.07, 6.45) is 0. The van der Waals surface area contributed by atoms with Crippen molar-refractivity contribution < 1.29 is 9.53 Å². The van der Waals surface area contributed by atoms with Crippen LogP contribution in [-0.2, 0) is 4.79 Å². The normalized spacial score (nSPS) is 10.6. The molecule has 0 heterocycles. The number of ether oxygens (including phenoxy) is 1. The number of rotatable bonds is 5. The van der Waals surface area contributed by atoms with Gasteiger partial charge in [0.1, 0.15) is 12.4 Å². The van der Waals surface area contributed by atoms with Crippen LogP contribution in [0.5, 0.6) is 5.75 Å². The predicted molar refractivity (Wildman–Crippen MR) is 98.6 cm³/mol. The molecule has 0 bridgehead atoms. The smallest absolute Gasteiger partial charge is 0.223 e. The lowest BCUT2D eigenvalue weighted by Gasteiger charge is -2.23. The highest BCUT2D eigenvalue weighted by molar-refractivity contribution is 5.92. The molecule has 3 heteroatoms. The molecule has 0 saturated carbocycles. The number of aryl methyl sites for hydroxylation is 1. The maximum absolute atomic E-state index is 12.0. The number of nitrogens with zero attached hydrogens (tertiary/aromatic N) is 1. The Labute approximate surface area is 142 Å². The Morgan fingerprint density at radius 1 is 0.958 bits per heavy atom. The summed E-state index contributed by atoms with van der Waals surface area (Å²) in [7, 11) is 0. The number of amides is 1. The molecule has 0 aliphatic carbocycles. The average molecular weight is 319 g/mol. The highest BCUT2D eigenvalue weighted by Crippen LogP contribution is 2.22. The van der Waals surface area contributed by atoms with Crippen molar-refractivity contribution >= 4 is 22.4 Å². The van der Waals surface area contributed by atoms with Crippen LogP contribution < -0.4 is 9.64 Å². The first-order valence-corrected chi connectivity index (χ1v) is 8.10. The Kier molecular flexibility index (Phi) is 4.80. The quantitative estimate of drug-likeness (QED) is 0.689. The fraction of sp³-hybridized carbons (Fsp3) is 0.190. The number of benzene rings is 3. The van der Waals surface area contributed by atoms with E-state index in [4.69, 9.17) is 4.74 Å². The summed E-state index contributed by atoms with van der Waals surface area (Å²) in [5.41, 5.74) is 2.02. The zero-order valence-corrected chi connectivity index (χ0v) is 14.0. The van der Waals surface area contributed by atoms with E-state index >= 15 is 0 Å². The van der Waals surface area contributed by atoms with Gasteiger partial charge in [0.05, 0.1) is 6.54 Å². The van der Waals surface area contributed by atoms with Crippen molar-refractivity contribution in [3.05, 3.63) is 72.3 Å². The van der Waals surface area contributed by atoms with E-state index in [0.717, 1.165) is 22.4 Å². The number of para-hydroxylation sites is 1. The van der Waals surface area contributed by atoms with Crippen molar-refractivity contribution in [1.29, 1.82) is 0 Å². The molecule has 0 saturated heterocycles. The molecule has 24 heavy (non-hydrogen) atoms. The zero-order valence-electron chi connectivity index (χ0n) is 14.0. The van der Waals surface area contributed by atoms with E-state index in [9.17, 15) is 4.79 Å². The Morgan fingerprint density at radius 3 is 2.42 bits per heavy atom. The molecular weight excluding hydrogens is 298 g/mol. The van der Waals surface area contributed by atoms with E-state index in [0.29, 0.717) is 13.2 Å². The van der Waals surface area contributed by atoms with Crippen LogP contribution in [0.4, 0.5) is 5.69 Å². The molecule has 0 fully saturated rings. The second kappa shape index (κ2) is 7.18. The number of carbonyl (C=O) groups is 1. The summed E-state index contributed by atoms with van der Waals surface area (Å²) < 4.78 is 5.86. The van der Waals surface area contributed by atoms with E-state index in [2.05, 4.69) is 18.2 Å². The summed E-state index contributed by atoms with van der Waals surface area (Å²) in [4.78, 5) is 13.7. The summed E-state index contributed by atoms with van der Waals surface area (Å²) >= 11 is 0. The number of hydrogen-bond donors (Lipinski definition) is 0. The van der Waals surface area contributed by atoms with Gasteiger partial charge in [-0.05, 0) is 41.5 Å². The molecule has 3 nitrogen and oxygen atoms in total. The summed E-state index contributed by atoms with van der Waals surface area (Å²) in [5, 5.41) is 2.34. The van der Waals surface area contributed by atoms with Gasteiger partial charge < -0.3 is 9.64 Å². The molecule has 0 aromatic heterocycles. The van der Waals surface area contributed by atoms with Crippen molar-refractivity contribution in [2.45, 2.75) is 13.8 Å². The van der Waals surface area contributed by atoms with Gasteiger partial charge in [-0.25, -0.2) is 0 Å².